The summed E-state index contributed by atoms with van der Waals surface area (Å²) in [5.74, 6) is 1.85. The zero-order chi connectivity index (χ0) is 18.5. The predicted molar refractivity (Wildman–Crippen MR) is 101 cm³/mol. The van der Waals surface area contributed by atoms with Crippen LogP contribution in [0.4, 0.5) is 0 Å². The third kappa shape index (κ3) is 4.15. The van der Waals surface area contributed by atoms with Gasteiger partial charge in [0, 0.05) is 12.0 Å². The number of nitrogens with zero attached hydrogens (tertiary/aromatic N) is 2. The molecule has 4 rings (SSSR count). The van der Waals surface area contributed by atoms with Gasteiger partial charge in [-0.05, 0) is 41.5 Å². The van der Waals surface area contributed by atoms with E-state index in [1.807, 2.05) is 36.4 Å². The third-order valence-corrected chi connectivity index (χ3v) is 4.15. The largest absolute Gasteiger partial charge is 0.508 e. The van der Waals surface area contributed by atoms with Crippen molar-refractivity contribution in [3.63, 3.8) is 0 Å². The Kier molecular flexibility index (Phi) is 4.83. The van der Waals surface area contributed by atoms with Gasteiger partial charge in [0.05, 0.1) is 0 Å². The summed E-state index contributed by atoms with van der Waals surface area (Å²) in [7, 11) is 0. The summed E-state index contributed by atoms with van der Waals surface area (Å²) in [6.07, 6.45) is 0.791. The Balaban J connectivity index is 1.46. The Bertz CT molecular complexity index is 1010. The minimum Gasteiger partial charge on any atom is -0.508 e. The summed E-state index contributed by atoms with van der Waals surface area (Å²) >= 11 is 0. The molecule has 0 amide bonds. The van der Waals surface area contributed by atoms with Crippen LogP contribution in [0.2, 0.25) is 0 Å². The fourth-order valence-corrected chi connectivity index (χ4v) is 2.79. The van der Waals surface area contributed by atoms with Crippen molar-refractivity contribution in [2.45, 2.75) is 13.0 Å². The first-order valence-corrected chi connectivity index (χ1v) is 8.64. The molecule has 0 radical (unpaired) electrons. The highest BCUT2D eigenvalue weighted by Crippen LogP contribution is 2.23. The van der Waals surface area contributed by atoms with E-state index < -0.39 is 0 Å². The highest BCUT2D eigenvalue weighted by atomic mass is 16.5. The molecule has 0 spiro atoms. The molecule has 0 saturated heterocycles. The minimum atomic E-state index is 0.191. The van der Waals surface area contributed by atoms with Gasteiger partial charge in [0.2, 0.25) is 5.82 Å². The highest BCUT2D eigenvalue weighted by Gasteiger charge is 2.11. The lowest BCUT2D eigenvalue weighted by atomic mass is 10.0. The molecule has 0 aliphatic rings. The lowest BCUT2D eigenvalue weighted by molar-refractivity contribution is 0.241. The molecule has 27 heavy (non-hydrogen) atoms. The summed E-state index contributed by atoms with van der Waals surface area (Å²) in [5.41, 5.74) is 3.09. The molecule has 5 heteroatoms. The lowest BCUT2D eigenvalue weighted by Crippen LogP contribution is -1.99. The molecule has 0 aliphatic heterocycles. The van der Waals surface area contributed by atoms with Gasteiger partial charge in [-0.3, -0.25) is 0 Å². The van der Waals surface area contributed by atoms with Crippen LogP contribution in [0.1, 0.15) is 17.0 Å². The quantitative estimate of drug-likeness (QED) is 0.545. The number of benzene rings is 3. The smallest absolute Gasteiger partial charge is 0.264 e. The number of ether oxygens (including phenoxy) is 1. The molecule has 1 heterocycles. The van der Waals surface area contributed by atoms with Crippen molar-refractivity contribution in [1.29, 1.82) is 0 Å². The normalized spacial score (nSPS) is 10.7. The van der Waals surface area contributed by atoms with Crippen molar-refractivity contribution in [3.8, 4) is 22.9 Å². The predicted octanol–water partition coefficient (Wildman–Crippen LogP) is 4.61. The van der Waals surface area contributed by atoms with Crippen molar-refractivity contribution in [2.75, 3.05) is 0 Å². The fraction of sp³-hybridized carbons (Fsp3) is 0.0909. The molecule has 5 nitrogen and oxygen atoms in total. The first-order valence-electron chi connectivity index (χ1n) is 8.64. The zero-order valence-corrected chi connectivity index (χ0v) is 14.6. The second kappa shape index (κ2) is 7.74. The Morgan fingerprint density at radius 2 is 1.59 bits per heavy atom. The maximum atomic E-state index is 9.37. The Labute approximate surface area is 156 Å². The average molecular weight is 358 g/mol. The second-order valence-corrected chi connectivity index (χ2v) is 6.12. The van der Waals surface area contributed by atoms with E-state index in [4.69, 9.17) is 9.26 Å². The Morgan fingerprint density at radius 1 is 0.852 bits per heavy atom. The summed E-state index contributed by atoms with van der Waals surface area (Å²) in [5, 5.41) is 13.3. The van der Waals surface area contributed by atoms with Gasteiger partial charge in [0.25, 0.3) is 5.89 Å². The van der Waals surface area contributed by atoms with Crippen LogP contribution in [-0.2, 0) is 13.0 Å². The van der Waals surface area contributed by atoms with E-state index >= 15 is 0 Å². The van der Waals surface area contributed by atoms with Crippen LogP contribution in [-0.4, -0.2) is 15.2 Å². The van der Waals surface area contributed by atoms with Gasteiger partial charge in [-0.1, -0.05) is 53.7 Å². The molecule has 4 aromatic rings. The van der Waals surface area contributed by atoms with E-state index in [0.29, 0.717) is 11.7 Å². The van der Waals surface area contributed by atoms with Gasteiger partial charge in [-0.2, -0.15) is 4.98 Å². The minimum absolute atomic E-state index is 0.191. The number of aromatic hydroxyl groups is 1. The molecular weight excluding hydrogens is 340 g/mol. The van der Waals surface area contributed by atoms with E-state index in [1.54, 1.807) is 24.3 Å². The summed E-state index contributed by atoms with van der Waals surface area (Å²) < 4.78 is 11.2. The summed E-state index contributed by atoms with van der Waals surface area (Å²) in [6.45, 7) is 0.191. The highest BCUT2D eigenvalue weighted by molar-refractivity contribution is 5.55. The molecule has 3 aromatic carbocycles. The van der Waals surface area contributed by atoms with Gasteiger partial charge in [0.15, 0.2) is 6.61 Å². The van der Waals surface area contributed by atoms with E-state index in [-0.39, 0.29) is 12.4 Å². The summed E-state index contributed by atoms with van der Waals surface area (Å²) in [4.78, 5) is 4.35. The number of phenolic OH excluding ortho intramolecular Hbond substituents is 1. The van der Waals surface area contributed by atoms with Gasteiger partial charge in [-0.25, -0.2) is 0 Å². The Morgan fingerprint density at radius 3 is 2.41 bits per heavy atom. The lowest BCUT2D eigenvalue weighted by Gasteiger charge is -2.10. The zero-order valence-electron chi connectivity index (χ0n) is 14.6. The number of rotatable bonds is 6. The van der Waals surface area contributed by atoms with Crippen LogP contribution >= 0.6 is 0 Å². The summed E-state index contributed by atoms with van der Waals surface area (Å²) in [6, 6.07) is 24.8. The molecule has 0 atom stereocenters. The molecule has 0 aliphatic carbocycles. The van der Waals surface area contributed by atoms with Gasteiger partial charge in [0.1, 0.15) is 11.5 Å². The van der Waals surface area contributed by atoms with Crippen molar-refractivity contribution in [1.82, 2.24) is 10.1 Å². The van der Waals surface area contributed by atoms with Crippen LogP contribution in [0.15, 0.2) is 83.4 Å². The molecule has 0 saturated carbocycles. The van der Waals surface area contributed by atoms with E-state index in [2.05, 4.69) is 28.3 Å². The van der Waals surface area contributed by atoms with Crippen LogP contribution < -0.4 is 4.74 Å². The van der Waals surface area contributed by atoms with E-state index in [0.717, 1.165) is 23.3 Å². The SMILES string of the molecule is Oc1ccc(-c2noc(COc3ccccc3Cc3ccccc3)n2)cc1. The molecule has 1 N–H and O–H groups in total. The number of para-hydroxylation sites is 1. The van der Waals surface area contributed by atoms with Crippen molar-refractivity contribution in [2.24, 2.45) is 0 Å². The second-order valence-electron chi connectivity index (χ2n) is 6.12. The molecule has 0 unspecified atom stereocenters. The number of hydrogen-bond acceptors (Lipinski definition) is 5. The van der Waals surface area contributed by atoms with Crippen LogP contribution in [0.5, 0.6) is 11.5 Å². The van der Waals surface area contributed by atoms with E-state index in [1.165, 1.54) is 5.56 Å². The van der Waals surface area contributed by atoms with Gasteiger partial charge in [-0.15, -0.1) is 0 Å². The third-order valence-electron chi connectivity index (χ3n) is 4.15. The molecule has 0 bridgehead atoms. The topological polar surface area (TPSA) is 68.4 Å². The van der Waals surface area contributed by atoms with Crippen LogP contribution in [0, 0.1) is 0 Å². The van der Waals surface area contributed by atoms with Crippen molar-refractivity contribution >= 4 is 0 Å². The molecular formula is C22H18N2O3. The number of hydrogen-bond donors (Lipinski definition) is 1. The van der Waals surface area contributed by atoms with E-state index in [9.17, 15) is 5.11 Å². The standard InChI is InChI=1S/C22H18N2O3/c25-19-12-10-17(11-13-19)22-23-21(27-24-22)15-26-20-9-5-4-8-18(20)14-16-6-2-1-3-7-16/h1-13,25H,14-15H2. The van der Waals surface area contributed by atoms with Crippen molar-refractivity contribution in [3.05, 3.63) is 95.9 Å². The molecule has 0 fully saturated rings. The van der Waals surface area contributed by atoms with Crippen LogP contribution in [0.25, 0.3) is 11.4 Å². The first-order chi connectivity index (χ1) is 13.3. The fourth-order valence-electron chi connectivity index (χ4n) is 2.79. The number of phenols is 1. The maximum absolute atomic E-state index is 9.37. The van der Waals surface area contributed by atoms with Crippen LogP contribution in [0.3, 0.4) is 0 Å². The molecule has 134 valence electrons. The van der Waals surface area contributed by atoms with Gasteiger partial charge < -0.3 is 14.4 Å². The first kappa shape index (κ1) is 16.8. The molecule has 1 aromatic heterocycles. The Hall–Kier alpha value is -3.60. The van der Waals surface area contributed by atoms with Crippen molar-refractivity contribution < 1.29 is 14.4 Å². The average Bonchev–Trinajstić information content (AvgIpc) is 3.18. The monoisotopic (exact) mass is 358 g/mol. The maximum Gasteiger partial charge on any atom is 0.264 e. The van der Waals surface area contributed by atoms with Gasteiger partial charge >= 0.3 is 0 Å². The number of aromatic nitrogens is 2.